The van der Waals surface area contributed by atoms with E-state index in [1.54, 1.807) is 14.2 Å². The van der Waals surface area contributed by atoms with Crippen LogP contribution in [-0.4, -0.2) is 52.5 Å². The number of ether oxygens (including phenoxy) is 2. The van der Waals surface area contributed by atoms with Crippen LogP contribution in [0.3, 0.4) is 0 Å². The van der Waals surface area contributed by atoms with Gasteiger partial charge in [0, 0.05) is 47.0 Å². The van der Waals surface area contributed by atoms with Crippen LogP contribution in [0.15, 0.2) is 24.3 Å². The summed E-state index contributed by atoms with van der Waals surface area (Å²) in [7, 11) is 5.48. The largest absolute Gasteiger partial charge is 0.385 e. The Balaban J connectivity index is 2.55. The predicted molar refractivity (Wildman–Crippen MR) is 82.9 cm³/mol. The molecule has 0 atom stereocenters. The first-order valence-electron chi connectivity index (χ1n) is 7.22. The molecule has 0 saturated heterocycles. The van der Waals surface area contributed by atoms with E-state index < -0.39 is 0 Å². The van der Waals surface area contributed by atoms with E-state index in [-0.39, 0.29) is 0 Å². The maximum absolute atomic E-state index is 5.20. The highest BCUT2D eigenvalue weighted by molar-refractivity contribution is 5.23. The van der Waals surface area contributed by atoms with Crippen LogP contribution in [0.25, 0.3) is 0 Å². The van der Waals surface area contributed by atoms with Crippen LogP contribution in [0, 0.1) is 0 Å². The van der Waals surface area contributed by atoms with Crippen molar-refractivity contribution in [1.82, 2.24) is 10.2 Å². The molecule has 114 valence electrons. The molecule has 1 N–H and O–H groups in total. The van der Waals surface area contributed by atoms with Gasteiger partial charge in [-0.3, -0.25) is 4.90 Å². The summed E-state index contributed by atoms with van der Waals surface area (Å²) in [5.41, 5.74) is 2.68. The van der Waals surface area contributed by atoms with Crippen LogP contribution in [0.1, 0.15) is 17.5 Å². The van der Waals surface area contributed by atoms with Crippen LogP contribution < -0.4 is 5.32 Å². The second-order valence-corrected chi connectivity index (χ2v) is 4.97. The maximum atomic E-state index is 5.20. The van der Waals surface area contributed by atoms with Crippen molar-refractivity contribution in [1.29, 1.82) is 0 Å². The molecule has 0 radical (unpaired) electrons. The normalized spacial score (nSPS) is 11.2. The molecule has 0 aromatic heterocycles. The van der Waals surface area contributed by atoms with Gasteiger partial charge in [-0.1, -0.05) is 24.3 Å². The van der Waals surface area contributed by atoms with Crippen LogP contribution in [-0.2, 0) is 22.6 Å². The number of hydrogen-bond acceptors (Lipinski definition) is 4. The van der Waals surface area contributed by atoms with Gasteiger partial charge in [0.15, 0.2) is 0 Å². The lowest BCUT2D eigenvalue weighted by Crippen LogP contribution is -2.28. The van der Waals surface area contributed by atoms with Gasteiger partial charge in [0.05, 0.1) is 6.61 Å². The van der Waals surface area contributed by atoms with E-state index in [1.165, 1.54) is 11.1 Å². The average molecular weight is 280 g/mol. The Morgan fingerprint density at radius 1 is 1.05 bits per heavy atom. The highest BCUT2D eigenvalue weighted by Crippen LogP contribution is 2.09. The number of rotatable bonds is 11. The third-order valence-electron chi connectivity index (χ3n) is 3.21. The molecule has 1 aromatic carbocycles. The molecule has 4 nitrogen and oxygen atoms in total. The van der Waals surface area contributed by atoms with Gasteiger partial charge in [-0.25, -0.2) is 0 Å². The highest BCUT2D eigenvalue weighted by atomic mass is 16.5. The van der Waals surface area contributed by atoms with Gasteiger partial charge in [0.1, 0.15) is 0 Å². The first-order valence-corrected chi connectivity index (χ1v) is 7.22. The molecule has 0 saturated carbocycles. The van der Waals surface area contributed by atoms with Crippen LogP contribution in [0.5, 0.6) is 0 Å². The lowest BCUT2D eigenvalue weighted by atomic mass is 10.1. The molecule has 4 heteroatoms. The Bertz CT molecular complexity index is 358. The summed E-state index contributed by atoms with van der Waals surface area (Å²) in [4.78, 5) is 2.42. The second kappa shape index (κ2) is 10.8. The molecule has 0 amide bonds. The van der Waals surface area contributed by atoms with E-state index in [0.717, 1.165) is 45.8 Å². The topological polar surface area (TPSA) is 33.7 Å². The van der Waals surface area contributed by atoms with Gasteiger partial charge in [-0.15, -0.1) is 0 Å². The molecule has 0 aliphatic rings. The zero-order valence-corrected chi connectivity index (χ0v) is 13.0. The number of methoxy groups -OCH3 is 2. The van der Waals surface area contributed by atoms with E-state index in [9.17, 15) is 0 Å². The fraction of sp³-hybridized carbons (Fsp3) is 0.625. The van der Waals surface area contributed by atoms with Crippen LogP contribution in [0.4, 0.5) is 0 Å². The van der Waals surface area contributed by atoms with Crippen molar-refractivity contribution in [2.75, 3.05) is 47.6 Å². The van der Waals surface area contributed by atoms with Crippen molar-refractivity contribution in [2.45, 2.75) is 19.5 Å². The molecule has 0 aliphatic heterocycles. The van der Waals surface area contributed by atoms with Gasteiger partial charge in [0.25, 0.3) is 0 Å². The Hall–Kier alpha value is -0.940. The summed E-state index contributed by atoms with van der Waals surface area (Å²) >= 11 is 0. The van der Waals surface area contributed by atoms with Crippen LogP contribution >= 0.6 is 0 Å². The Morgan fingerprint density at radius 2 is 1.80 bits per heavy atom. The third-order valence-corrected chi connectivity index (χ3v) is 3.21. The molecule has 0 heterocycles. The van der Waals surface area contributed by atoms with Gasteiger partial charge in [-0.2, -0.15) is 0 Å². The highest BCUT2D eigenvalue weighted by Gasteiger charge is 2.06. The minimum absolute atomic E-state index is 0.767. The Morgan fingerprint density at radius 3 is 2.50 bits per heavy atom. The lowest BCUT2D eigenvalue weighted by molar-refractivity contribution is 0.129. The minimum atomic E-state index is 0.767. The van der Waals surface area contributed by atoms with Crippen molar-refractivity contribution >= 4 is 0 Å². The summed E-state index contributed by atoms with van der Waals surface area (Å²) in [6.07, 6.45) is 1.05. The van der Waals surface area contributed by atoms with Crippen molar-refractivity contribution in [3.8, 4) is 0 Å². The van der Waals surface area contributed by atoms with E-state index >= 15 is 0 Å². The number of hydrogen-bond donors (Lipinski definition) is 1. The van der Waals surface area contributed by atoms with Gasteiger partial charge < -0.3 is 14.8 Å². The Kier molecular flexibility index (Phi) is 9.24. The molecule has 20 heavy (non-hydrogen) atoms. The summed E-state index contributed by atoms with van der Waals surface area (Å²) < 4.78 is 10.3. The molecular weight excluding hydrogens is 252 g/mol. The zero-order chi connectivity index (χ0) is 14.6. The van der Waals surface area contributed by atoms with Crippen molar-refractivity contribution < 1.29 is 9.47 Å². The van der Waals surface area contributed by atoms with Crippen molar-refractivity contribution in [3.63, 3.8) is 0 Å². The molecule has 1 rings (SSSR count). The van der Waals surface area contributed by atoms with Gasteiger partial charge in [0.2, 0.25) is 0 Å². The Labute approximate surface area is 123 Å². The first-order chi connectivity index (χ1) is 9.80. The van der Waals surface area contributed by atoms with E-state index in [0.29, 0.717) is 0 Å². The minimum Gasteiger partial charge on any atom is -0.385 e. The van der Waals surface area contributed by atoms with E-state index in [2.05, 4.69) is 34.5 Å². The summed E-state index contributed by atoms with van der Waals surface area (Å²) in [6, 6.07) is 8.75. The summed E-state index contributed by atoms with van der Waals surface area (Å²) in [5, 5.41) is 3.19. The number of nitrogens with one attached hydrogen (secondary N) is 1. The molecule has 0 fully saturated rings. The maximum Gasteiger partial charge on any atom is 0.0589 e. The average Bonchev–Trinajstić information content (AvgIpc) is 2.45. The fourth-order valence-electron chi connectivity index (χ4n) is 2.22. The fourth-order valence-corrected chi connectivity index (χ4v) is 2.22. The summed E-state index contributed by atoms with van der Waals surface area (Å²) in [5.74, 6) is 0. The number of benzene rings is 1. The van der Waals surface area contributed by atoms with Gasteiger partial charge in [-0.05, 0) is 24.6 Å². The lowest BCUT2D eigenvalue weighted by Gasteiger charge is -2.22. The molecule has 0 spiro atoms. The standard InChI is InChI=1S/C16H28N2O2/c1-17-13-15-6-4-7-16(12-15)14-18(9-11-20-3)8-5-10-19-2/h4,6-7,12,17H,5,8-11,13-14H2,1-3H3. The van der Waals surface area contributed by atoms with E-state index in [1.807, 2.05) is 7.05 Å². The van der Waals surface area contributed by atoms with Crippen LogP contribution in [0.2, 0.25) is 0 Å². The second-order valence-electron chi connectivity index (χ2n) is 4.97. The first kappa shape index (κ1) is 17.1. The SMILES string of the molecule is CNCc1cccc(CN(CCCOC)CCOC)c1. The summed E-state index contributed by atoms with van der Waals surface area (Å²) in [6.45, 7) is 5.44. The van der Waals surface area contributed by atoms with Gasteiger partial charge >= 0.3 is 0 Å². The zero-order valence-electron chi connectivity index (χ0n) is 13.0. The van der Waals surface area contributed by atoms with E-state index in [4.69, 9.17) is 9.47 Å². The third kappa shape index (κ3) is 7.01. The predicted octanol–water partition coefficient (Wildman–Crippen LogP) is 1.89. The van der Waals surface area contributed by atoms with Crippen molar-refractivity contribution in [3.05, 3.63) is 35.4 Å². The monoisotopic (exact) mass is 280 g/mol. The molecule has 0 unspecified atom stereocenters. The molecule has 0 aliphatic carbocycles. The smallest absolute Gasteiger partial charge is 0.0589 e. The molecule has 0 bridgehead atoms. The molecular formula is C16H28N2O2. The number of nitrogens with zero attached hydrogens (tertiary/aromatic N) is 1. The molecule has 1 aromatic rings. The van der Waals surface area contributed by atoms with Crippen molar-refractivity contribution in [2.24, 2.45) is 0 Å². The quantitative estimate of drug-likeness (QED) is 0.628.